The number of hydrogen-bond acceptors (Lipinski definition) is 7. The van der Waals surface area contributed by atoms with Crippen LogP contribution in [0.2, 0.25) is 0 Å². The Morgan fingerprint density at radius 1 is 0.816 bits per heavy atom. The standard InChI is InChI=1S/C29H26N6O3/c1-36-22-12-9-19(10-13-22)24-16-25(35-29(32-24)30-18-31-35)23-17-34(21-7-5-4-6-8-21)33-28(23)20-11-14-26(37-2)27(15-20)38-3/h4-18,25H,1-3H3,(H,30,31,32)/t25-/m1/s1. The van der Waals surface area contributed by atoms with Crippen LogP contribution in [0, 0.1) is 0 Å². The molecule has 1 atom stereocenters. The second kappa shape index (κ2) is 9.78. The normalized spacial score (nSPS) is 14.3. The molecule has 0 unspecified atom stereocenters. The maximum Gasteiger partial charge on any atom is 0.226 e. The molecule has 0 fully saturated rings. The van der Waals surface area contributed by atoms with Crippen molar-refractivity contribution in [3.05, 3.63) is 103 Å². The Hall–Kier alpha value is -5.05. The van der Waals surface area contributed by atoms with Crippen LogP contribution in [-0.4, -0.2) is 45.9 Å². The number of benzene rings is 3. The Balaban J connectivity index is 1.53. The van der Waals surface area contributed by atoms with Gasteiger partial charge in [-0.15, -0.1) is 0 Å². The monoisotopic (exact) mass is 506 g/mol. The van der Waals surface area contributed by atoms with E-state index in [-0.39, 0.29) is 6.04 Å². The third-order valence-corrected chi connectivity index (χ3v) is 6.55. The molecule has 3 aromatic carbocycles. The Labute approximate surface area is 219 Å². The van der Waals surface area contributed by atoms with Gasteiger partial charge in [0.1, 0.15) is 18.1 Å². The molecule has 0 bridgehead atoms. The first-order valence-electron chi connectivity index (χ1n) is 12.1. The fourth-order valence-electron chi connectivity index (χ4n) is 4.62. The quantitative estimate of drug-likeness (QED) is 0.324. The zero-order chi connectivity index (χ0) is 26.1. The van der Waals surface area contributed by atoms with E-state index in [1.165, 1.54) is 0 Å². The summed E-state index contributed by atoms with van der Waals surface area (Å²) in [4.78, 5) is 4.47. The smallest absolute Gasteiger partial charge is 0.226 e. The molecule has 1 aliphatic heterocycles. The molecule has 3 heterocycles. The summed E-state index contributed by atoms with van der Waals surface area (Å²) in [5.41, 5.74) is 5.53. The summed E-state index contributed by atoms with van der Waals surface area (Å²) in [6.07, 6.45) is 5.74. The topological polar surface area (TPSA) is 88.2 Å². The van der Waals surface area contributed by atoms with E-state index in [4.69, 9.17) is 19.3 Å². The molecule has 5 aromatic rings. The Morgan fingerprint density at radius 3 is 2.32 bits per heavy atom. The SMILES string of the molecule is COc1ccc(C2=C[C@H](c3cn(-c4ccccc4)nc3-c3ccc(OC)c(OC)c3)n3ncnc3N2)cc1. The first kappa shape index (κ1) is 23.4. The predicted molar refractivity (Wildman–Crippen MR) is 145 cm³/mol. The van der Waals surface area contributed by atoms with Crippen molar-refractivity contribution >= 4 is 11.6 Å². The maximum absolute atomic E-state index is 5.59. The molecular weight excluding hydrogens is 480 g/mol. The van der Waals surface area contributed by atoms with Crippen molar-refractivity contribution in [2.24, 2.45) is 0 Å². The van der Waals surface area contributed by atoms with Gasteiger partial charge in [0.2, 0.25) is 5.95 Å². The van der Waals surface area contributed by atoms with Crippen molar-refractivity contribution in [3.8, 4) is 34.2 Å². The van der Waals surface area contributed by atoms with E-state index in [0.29, 0.717) is 17.4 Å². The van der Waals surface area contributed by atoms with Gasteiger partial charge in [-0.1, -0.05) is 18.2 Å². The highest BCUT2D eigenvalue weighted by Gasteiger charge is 2.28. The molecule has 0 spiro atoms. The first-order chi connectivity index (χ1) is 18.7. The molecular formula is C29H26N6O3. The van der Waals surface area contributed by atoms with Crippen LogP contribution in [-0.2, 0) is 0 Å². The lowest BCUT2D eigenvalue weighted by molar-refractivity contribution is 0.355. The van der Waals surface area contributed by atoms with Gasteiger partial charge in [-0.2, -0.15) is 15.2 Å². The van der Waals surface area contributed by atoms with Crippen molar-refractivity contribution in [3.63, 3.8) is 0 Å². The Kier molecular flexibility index (Phi) is 6.01. The van der Waals surface area contributed by atoms with Gasteiger partial charge in [-0.25, -0.2) is 9.36 Å². The van der Waals surface area contributed by atoms with E-state index < -0.39 is 0 Å². The number of rotatable bonds is 7. The van der Waals surface area contributed by atoms with Crippen LogP contribution < -0.4 is 19.5 Å². The highest BCUT2D eigenvalue weighted by molar-refractivity contribution is 5.78. The molecule has 1 aliphatic rings. The fourth-order valence-corrected chi connectivity index (χ4v) is 4.62. The van der Waals surface area contributed by atoms with Crippen LogP contribution in [0.15, 0.2) is 91.4 Å². The first-order valence-corrected chi connectivity index (χ1v) is 12.1. The second-order valence-electron chi connectivity index (χ2n) is 8.69. The lowest BCUT2D eigenvalue weighted by Crippen LogP contribution is -2.20. The van der Waals surface area contributed by atoms with Crippen LogP contribution in [0.1, 0.15) is 17.2 Å². The number of para-hydroxylation sites is 1. The van der Waals surface area contributed by atoms with E-state index in [2.05, 4.69) is 21.5 Å². The summed E-state index contributed by atoms with van der Waals surface area (Å²) in [6, 6.07) is 23.5. The van der Waals surface area contributed by atoms with E-state index in [9.17, 15) is 0 Å². The maximum atomic E-state index is 5.59. The van der Waals surface area contributed by atoms with Crippen LogP contribution in [0.4, 0.5) is 5.95 Å². The Morgan fingerprint density at radius 2 is 1.58 bits per heavy atom. The number of methoxy groups -OCH3 is 3. The zero-order valence-electron chi connectivity index (χ0n) is 21.2. The molecule has 38 heavy (non-hydrogen) atoms. The van der Waals surface area contributed by atoms with Crippen LogP contribution >= 0.6 is 0 Å². The van der Waals surface area contributed by atoms with Gasteiger partial charge >= 0.3 is 0 Å². The summed E-state index contributed by atoms with van der Waals surface area (Å²) in [5.74, 6) is 2.73. The average molecular weight is 507 g/mol. The van der Waals surface area contributed by atoms with Crippen molar-refractivity contribution in [2.45, 2.75) is 6.04 Å². The summed E-state index contributed by atoms with van der Waals surface area (Å²) in [7, 11) is 4.91. The summed E-state index contributed by atoms with van der Waals surface area (Å²) >= 11 is 0. The number of ether oxygens (including phenoxy) is 3. The van der Waals surface area contributed by atoms with Crippen LogP contribution in [0.25, 0.3) is 22.6 Å². The highest BCUT2D eigenvalue weighted by Crippen LogP contribution is 2.39. The number of allylic oxidation sites excluding steroid dienone is 1. The average Bonchev–Trinajstić information content (AvgIpc) is 3.65. The van der Waals surface area contributed by atoms with Crippen molar-refractivity contribution in [2.75, 3.05) is 26.6 Å². The van der Waals surface area contributed by atoms with Gasteiger partial charge in [0.05, 0.1) is 32.7 Å². The van der Waals surface area contributed by atoms with E-state index in [1.54, 1.807) is 27.7 Å². The second-order valence-corrected chi connectivity index (χ2v) is 8.69. The minimum Gasteiger partial charge on any atom is -0.497 e. The highest BCUT2D eigenvalue weighted by atomic mass is 16.5. The molecule has 1 N–H and O–H groups in total. The molecule has 0 saturated heterocycles. The fraction of sp³-hybridized carbons (Fsp3) is 0.138. The number of fused-ring (bicyclic) bond motifs is 1. The number of nitrogens with one attached hydrogen (secondary N) is 1. The van der Waals surface area contributed by atoms with Gasteiger partial charge in [0.15, 0.2) is 11.5 Å². The number of aromatic nitrogens is 5. The number of hydrogen-bond donors (Lipinski definition) is 1. The van der Waals surface area contributed by atoms with Gasteiger partial charge in [0.25, 0.3) is 0 Å². The van der Waals surface area contributed by atoms with Crippen molar-refractivity contribution < 1.29 is 14.2 Å². The summed E-state index contributed by atoms with van der Waals surface area (Å²) in [5, 5.41) is 13.0. The molecule has 9 heteroatoms. The van der Waals surface area contributed by atoms with E-state index in [1.807, 2.05) is 88.4 Å². The van der Waals surface area contributed by atoms with Gasteiger partial charge in [-0.3, -0.25) is 0 Å². The lowest BCUT2D eigenvalue weighted by Gasteiger charge is -2.24. The van der Waals surface area contributed by atoms with E-state index in [0.717, 1.165) is 39.5 Å². The van der Waals surface area contributed by atoms with Crippen LogP contribution in [0.3, 0.4) is 0 Å². The minimum absolute atomic E-state index is 0.272. The van der Waals surface area contributed by atoms with Crippen molar-refractivity contribution in [1.29, 1.82) is 0 Å². The zero-order valence-corrected chi connectivity index (χ0v) is 21.2. The van der Waals surface area contributed by atoms with Crippen molar-refractivity contribution in [1.82, 2.24) is 24.5 Å². The summed E-state index contributed by atoms with van der Waals surface area (Å²) < 4.78 is 20.2. The molecule has 0 aliphatic carbocycles. The number of nitrogens with zero attached hydrogens (tertiary/aromatic N) is 5. The van der Waals surface area contributed by atoms with E-state index >= 15 is 0 Å². The molecule has 2 aromatic heterocycles. The summed E-state index contributed by atoms with van der Waals surface area (Å²) in [6.45, 7) is 0. The minimum atomic E-state index is -0.272. The molecule has 0 radical (unpaired) electrons. The lowest BCUT2D eigenvalue weighted by atomic mass is 9.99. The molecule has 190 valence electrons. The van der Waals surface area contributed by atoms with Gasteiger partial charge in [0, 0.05) is 23.0 Å². The molecule has 0 saturated carbocycles. The molecule has 6 rings (SSSR count). The third kappa shape index (κ3) is 4.13. The third-order valence-electron chi connectivity index (χ3n) is 6.55. The Bertz CT molecular complexity index is 1610. The van der Waals surface area contributed by atoms with Crippen LogP contribution in [0.5, 0.6) is 17.2 Å². The predicted octanol–water partition coefficient (Wildman–Crippen LogP) is 5.21. The molecule has 0 amide bonds. The largest absolute Gasteiger partial charge is 0.497 e. The van der Waals surface area contributed by atoms with Gasteiger partial charge in [-0.05, 0) is 66.2 Å². The van der Waals surface area contributed by atoms with Gasteiger partial charge < -0.3 is 19.5 Å². The molecule has 9 nitrogen and oxygen atoms in total. The number of anilines is 1.